The molecule has 0 radical (unpaired) electrons. The molecule has 0 aliphatic carbocycles. The smallest absolute Gasteiger partial charge is 0.0942 e. The first kappa shape index (κ1) is 10.9. The molecule has 0 saturated carbocycles. The first-order valence-electron chi connectivity index (χ1n) is 5.24. The van der Waals surface area contributed by atoms with Gasteiger partial charge in [-0.1, -0.05) is 30.3 Å². The summed E-state index contributed by atoms with van der Waals surface area (Å²) < 4.78 is 1.80. The minimum Gasteiger partial charge on any atom is -0.387 e. The van der Waals surface area contributed by atoms with Crippen LogP contribution in [0.3, 0.4) is 0 Å². The zero-order valence-corrected chi connectivity index (χ0v) is 8.95. The summed E-state index contributed by atoms with van der Waals surface area (Å²) in [5.41, 5.74) is 7.32. The van der Waals surface area contributed by atoms with Gasteiger partial charge in [-0.15, -0.1) is 0 Å². The Bertz CT molecular complexity index is 439. The standard InChI is InChI=1S/C12H15N3O/c13-6-12(16)11-7-14-15(9-11)8-10-4-2-1-3-5-10/h1-5,7,9,12,16H,6,8,13H2/t12-/m1/s1. The van der Waals surface area contributed by atoms with Crippen LogP contribution in [0.4, 0.5) is 0 Å². The summed E-state index contributed by atoms with van der Waals surface area (Å²) in [6.07, 6.45) is 2.86. The summed E-state index contributed by atoms with van der Waals surface area (Å²) in [6.45, 7) is 0.926. The predicted molar refractivity (Wildman–Crippen MR) is 61.8 cm³/mol. The maximum atomic E-state index is 9.53. The van der Waals surface area contributed by atoms with Gasteiger partial charge in [0.25, 0.3) is 0 Å². The minimum atomic E-state index is -0.621. The molecular formula is C12H15N3O. The number of rotatable bonds is 4. The van der Waals surface area contributed by atoms with E-state index in [1.807, 2.05) is 36.5 Å². The molecule has 4 nitrogen and oxygen atoms in total. The lowest BCUT2D eigenvalue weighted by Crippen LogP contribution is -2.10. The van der Waals surface area contributed by atoms with E-state index in [-0.39, 0.29) is 6.54 Å². The Kier molecular flexibility index (Phi) is 3.34. The van der Waals surface area contributed by atoms with Crippen molar-refractivity contribution in [3.63, 3.8) is 0 Å². The second kappa shape index (κ2) is 4.92. The van der Waals surface area contributed by atoms with E-state index < -0.39 is 6.10 Å². The molecule has 4 heteroatoms. The first-order chi connectivity index (χ1) is 7.79. The largest absolute Gasteiger partial charge is 0.387 e. The van der Waals surface area contributed by atoms with Gasteiger partial charge in [-0.2, -0.15) is 5.10 Å². The summed E-state index contributed by atoms with van der Waals surface area (Å²) in [5, 5.41) is 13.7. The number of nitrogens with two attached hydrogens (primary N) is 1. The lowest BCUT2D eigenvalue weighted by atomic mass is 10.2. The number of nitrogens with zero attached hydrogens (tertiary/aromatic N) is 2. The van der Waals surface area contributed by atoms with E-state index in [4.69, 9.17) is 5.73 Å². The minimum absolute atomic E-state index is 0.219. The molecule has 2 rings (SSSR count). The third-order valence-corrected chi connectivity index (χ3v) is 2.45. The Morgan fingerprint density at radius 3 is 2.75 bits per heavy atom. The van der Waals surface area contributed by atoms with Crippen molar-refractivity contribution in [3.8, 4) is 0 Å². The molecule has 0 aliphatic rings. The molecule has 1 heterocycles. The summed E-state index contributed by atoms with van der Waals surface area (Å²) >= 11 is 0. The van der Waals surface area contributed by atoms with Crippen molar-refractivity contribution in [1.29, 1.82) is 0 Å². The van der Waals surface area contributed by atoms with E-state index in [0.29, 0.717) is 6.54 Å². The average Bonchev–Trinajstić information content (AvgIpc) is 2.78. The molecular weight excluding hydrogens is 202 g/mol. The van der Waals surface area contributed by atoms with Gasteiger partial charge < -0.3 is 10.8 Å². The van der Waals surface area contributed by atoms with Crippen LogP contribution in [-0.4, -0.2) is 21.4 Å². The second-order valence-corrected chi connectivity index (χ2v) is 3.71. The van der Waals surface area contributed by atoms with Gasteiger partial charge >= 0.3 is 0 Å². The van der Waals surface area contributed by atoms with Gasteiger partial charge in [0.15, 0.2) is 0 Å². The summed E-state index contributed by atoms with van der Waals surface area (Å²) in [5.74, 6) is 0. The fraction of sp³-hybridized carbons (Fsp3) is 0.250. The Balaban J connectivity index is 2.09. The van der Waals surface area contributed by atoms with E-state index in [1.165, 1.54) is 5.56 Å². The topological polar surface area (TPSA) is 64.1 Å². The monoisotopic (exact) mass is 217 g/mol. The Morgan fingerprint density at radius 1 is 1.31 bits per heavy atom. The number of benzene rings is 1. The van der Waals surface area contributed by atoms with Crippen molar-refractivity contribution in [2.24, 2.45) is 5.73 Å². The second-order valence-electron chi connectivity index (χ2n) is 3.71. The highest BCUT2D eigenvalue weighted by atomic mass is 16.3. The van der Waals surface area contributed by atoms with Gasteiger partial charge in [-0.05, 0) is 5.56 Å². The number of hydrogen-bond donors (Lipinski definition) is 2. The quantitative estimate of drug-likeness (QED) is 0.800. The van der Waals surface area contributed by atoms with E-state index >= 15 is 0 Å². The molecule has 16 heavy (non-hydrogen) atoms. The molecule has 0 bridgehead atoms. The molecule has 0 saturated heterocycles. The van der Waals surface area contributed by atoms with Crippen LogP contribution in [0.2, 0.25) is 0 Å². The summed E-state index contributed by atoms with van der Waals surface area (Å²) in [4.78, 5) is 0. The van der Waals surface area contributed by atoms with Crippen LogP contribution in [0.5, 0.6) is 0 Å². The molecule has 0 fully saturated rings. The number of aromatic nitrogens is 2. The van der Waals surface area contributed by atoms with E-state index in [1.54, 1.807) is 10.9 Å². The molecule has 0 unspecified atom stereocenters. The lowest BCUT2D eigenvalue weighted by Gasteiger charge is -2.03. The van der Waals surface area contributed by atoms with E-state index in [2.05, 4.69) is 5.10 Å². The van der Waals surface area contributed by atoms with Crippen molar-refractivity contribution in [3.05, 3.63) is 53.9 Å². The molecule has 2 aromatic rings. The molecule has 84 valence electrons. The average molecular weight is 217 g/mol. The van der Waals surface area contributed by atoms with Crippen LogP contribution in [0.25, 0.3) is 0 Å². The number of aliphatic hydroxyl groups excluding tert-OH is 1. The molecule has 3 N–H and O–H groups in total. The highest BCUT2D eigenvalue weighted by Crippen LogP contribution is 2.10. The van der Waals surface area contributed by atoms with E-state index in [9.17, 15) is 5.11 Å². The first-order valence-corrected chi connectivity index (χ1v) is 5.24. The highest BCUT2D eigenvalue weighted by Gasteiger charge is 2.07. The number of hydrogen-bond acceptors (Lipinski definition) is 3. The Hall–Kier alpha value is -1.65. The Morgan fingerprint density at radius 2 is 2.06 bits per heavy atom. The molecule has 1 atom stereocenters. The van der Waals surface area contributed by atoms with E-state index in [0.717, 1.165) is 5.56 Å². The van der Waals surface area contributed by atoms with Crippen molar-refractivity contribution >= 4 is 0 Å². The molecule has 0 amide bonds. The van der Waals surface area contributed by atoms with Crippen LogP contribution in [0.15, 0.2) is 42.7 Å². The van der Waals surface area contributed by atoms with Crippen molar-refractivity contribution in [2.45, 2.75) is 12.6 Å². The van der Waals surface area contributed by atoms with Crippen LogP contribution in [-0.2, 0) is 6.54 Å². The maximum Gasteiger partial charge on any atom is 0.0942 e. The highest BCUT2D eigenvalue weighted by molar-refractivity contribution is 5.16. The maximum absolute atomic E-state index is 9.53. The van der Waals surface area contributed by atoms with Crippen molar-refractivity contribution in [1.82, 2.24) is 9.78 Å². The van der Waals surface area contributed by atoms with Gasteiger partial charge in [0.05, 0.1) is 18.8 Å². The molecule has 1 aromatic heterocycles. The summed E-state index contributed by atoms with van der Waals surface area (Å²) in [7, 11) is 0. The third kappa shape index (κ3) is 2.48. The van der Waals surface area contributed by atoms with Gasteiger partial charge in [-0.25, -0.2) is 0 Å². The Labute approximate surface area is 94.3 Å². The van der Waals surface area contributed by atoms with Crippen molar-refractivity contribution in [2.75, 3.05) is 6.54 Å². The van der Waals surface area contributed by atoms with Gasteiger partial charge in [0, 0.05) is 18.3 Å². The lowest BCUT2D eigenvalue weighted by molar-refractivity contribution is 0.186. The van der Waals surface area contributed by atoms with Crippen LogP contribution in [0, 0.1) is 0 Å². The van der Waals surface area contributed by atoms with Gasteiger partial charge in [0.1, 0.15) is 0 Å². The van der Waals surface area contributed by atoms with Gasteiger partial charge in [-0.3, -0.25) is 4.68 Å². The molecule has 1 aromatic carbocycles. The zero-order chi connectivity index (χ0) is 11.4. The fourth-order valence-corrected chi connectivity index (χ4v) is 1.54. The molecule has 0 spiro atoms. The zero-order valence-electron chi connectivity index (χ0n) is 8.95. The van der Waals surface area contributed by atoms with Crippen LogP contribution >= 0.6 is 0 Å². The summed E-state index contributed by atoms with van der Waals surface area (Å²) in [6, 6.07) is 10.1. The van der Waals surface area contributed by atoms with Crippen molar-refractivity contribution < 1.29 is 5.11 Å². The predicted octanol–water partition coefficient (Wildman–Crippen LogP) is 0.923. The van der Waals surface area contributed by atoms with Gasteiger partial charge in [0.2, 0.25) is 0 Å². The normalized spacial score (nSPS) is 12.6. The van der Waals surface area contributed by atoms with Crippen LogP contribution in [0.1, 0.15) is 17.2 Å². The SMILES string of the molecule is NC[C@@H](O)c1cnn(Cc2ccccc2)c1. The number of aliphatic hydroxyl groups is 1. The fourth-order valence-electron chi connectivity index (χ4n) is 1.54. The molecule has 0 aliphatic heterocycles. The third-order valence-electron chi connectivity index (χ3n) is 2.45. The van der Waals surface area contributed by atoms with Crippen LogP contribution < -0.4 is 5.73 Å².